The van der Waals surface area contributed by atoms with Gasteiger partial charge in [-0.1, -0.05) is 30.3 Å². The van der Waals surface area contributed by atoms with Gasteiger partial charge in [-0.05, 0) is 0 Å². The minimum absolute atomic E-state index is 1.41. The van der Waals surface area contributed by atoms with Crippen molar-refractivity contribution in [3.8, 4) is 0 Å². The smallest absolute Gasteiger partial charge is 0.00422 e. The Labute approximate surface area is 36.8 Å². The molecular weight excluding hydrogens is 83.5 g/mol. The van der Waals surface area contributed by atoms with E-state index in [-0.39, 0.29) is 0 Å². The summed E-state index contributed by atoms with van der Waals surface area (Å²) in [5, 5.41) is 0. The third-order valence-corrected chi connectivity index (χ3v) is 0.354. The van der Waals surface area contributed by atoms with Crippen LogP contribution in [0.15, 0.2) is 24.3 Å². The molecule has 28 valence electrons. The Morgan fingerprint density at radius 1 is 1.60 bits per heavy atom. The zero-order chi connectivity index (χ0) is 4.12. The van der Waals surface area contributed by atoms with Crippen molar-refractivity contribution in [1.82, 2.24) is 0 Å². The second-order valence-electron chi connectivity index (χ2n) is 0.554. The largest absolute Gasteiger partial charge is 0.0990 e. The maximum absolute atomic E-state index is 5.05. The summed E-state index contributed by atoms with van der Waals surface area (Å²) >= 11 is 5.05. The highest BCUT2D eigenvalue weighted by Gasteiger charge is 1.44. The SMILES string of the molecule is C=C/C=C\Cl. The maximum Gasteiger partial charge on any atom is 0.00422 e. The van der Waals surface area contributed by atoms with Crippen molar-refractivity contribution in [2.75, 3.05) is 0 Å². The van der Waals surface area contributed by atoms with E-state index >= 15 is 0 Å². The van der Waals surface area contributed by atoms with Crippen LogP contribution < -0.4 is 0 Å². The molecule has 5 heavy (non-hydrogen) atoms. The first-order chi connectivity index (χ1) is 2.41. The molecule has 0 atom stereocenters. The van der Waals surface area contributed by atoms with Gasteiger partial charge in [-0.3, -0.25) is 0 Å². The lowest BCUT2D eigenvalue weighted by atomic mass is 10.6. The van der Waals surface area contributed by atoms with Crippen LogP contribution in [-0.2, 0) is 0 Å². The molecule has 0 rings (SSSR count). The highest BCUT2D eigenvalue weighted by Crippen LogP contribution is 1.74. The van der Waals surface area contributed by atoms with Crippen molar-refractivity contribution in [3.63, 3.8) is 0 Å². The van der Waals surface area contributed by atoms with E-state index in [0.29, 0.717) is 0 Å². The van der Waals surface area contributed by atoms with Crippen LogP contribution in [0.1, 0.15) is 0 Å². The predicted molar refractivity (Wildman–Crippen MR) is 25.2 cm³/mol. The summed E-state index contributed by atoms with van der Waals surface area (Å²) in [6, 6.07) is 0. The summed E-state index contributed by atoms with van der Waals surface area (Å²) in [5.41, 5.74) is 1.41. The fourth-order valence-corrected chi connectivity index (χ4v) is 0.154. The van der Waals surface area contributed by atoms with Crippen LogP contribution in [-0.4, -0.2) is 0 Å². The summed E-state index contributed by atoms with van der Waals surface area (Å²) in [5.74, 6) is 0. The van der Waals surface area contributed by atoms with Gasteiger partial charge in [0.25, 0.3) is 0 Å². The molecule has 0 amide bonds. The second-order valence-corrected chi connectivity index (χ2v) is 0.806. The first kappa shape index (κ1) is 4.77. The summed E-state index contributed by atoms with van der Waals surface area (Å²) < 4.78 is 0. The molecule has 0 nitrogen and oxygen atoms in total. The fourth-order valence-electron chi connectivity index (χ4n) is 0.0514. The Balaban J connectivity index is 2.92. The Hall–Kier alpha value is -0.230. The van der Waals surface area contributed by atoms with Gasteiger partial charge in [0.1, 0.15) is 0 Å². The number of rotatable bonds is 1. The van der Waals surface area contributed by atoms with Crippen molar-refractivity contribution >= 4 is 11.6 Å². The topological polar surface area (TPSA) is 0 Å². The lowest BCUT2D eigenvalue weighted by Gasteiger charge is -1.53. The van der Waals surface area contributed by atoms with Crippen LogP contribution in [0.25, 0.3) is 0 Å². The molecule has 0 aliphatic carbocycles. The predicted octanol–water partition coefficient (Wildman–Crippen LogP) is 1.92. The van der Waals surface area contributed by atoms with Crippen LogP contribution in [0, 0.1) is 0 Å². The molecule has 0 aliphatic heterocycles. The van der Waals surface area contributed by atoms with Crippen LogP contribution in [0.3, 0.4) is 0 Å². The number of hydrogen-bond donors (Lipinski definition) is 0. The molecular formula is C4H5Cl. The van der Waals surface area contributed by atoms with E-state index in [0.717, 1.165) is 0 Å². The molecule has 0 aliphatic rings. The van der Waals surface area contributed by atoms with Gasteiger partial charge in [-0.25, -0.2) is 0 Å². The lowest BCUT2D eigenvalue weighted by molar-refractivity contribution is 2.11. The summed E-state index contributed by atoms with van der Waals surface area (Å²) in [4.78, 5) is 0. The summed E-state index contributed by atoms with van der Waals surface area (Å²) in [6.45, 7) is 3.38. The molecule has 0 aromatic carbocycles. The van der Waals surface area contributed by atoms with Gasteiger partial charge < -0.3 is 0 Å². The minimum Gasteiger partial charge on any atom is -0.0990 e. The lowest BCUT2D eigenvalue weighted by Crippen LogP contribution is -1.29. The third-order valence-electron chi connectivity index (χ3n) is 0.209. The molecule has 0 heterocycles. The average Bonchev–Trinajstić information content (AvgIpc) is 1.41. The third kappa shape index (κ3) is 3.77. The monoisotopic (exact) mass is 88.0 g/mol. The van der Waals surface area contributed by atoms with Crippen molar-refractivity contribution in [2.45, 2.75) is 0 Å². The molecule has 0 saturated carbocycles. The molecule has 0 N–H and O–H groups in total. The van der Waals surface area contributed by atoms with E-state index in [1.54, 1.807) is 12.2 Å². The fraction of sp³-hybridized carbons (Fsp3) is 0. The van der Waals surface area contributed by atoms with E-state index in [1.807, 2.05) is 0 Å². The highest BCUT2D eigenvalue weighted by molar-refractivity contribution is 6.25. The number of halogens is 1. The normalized spacial score (nSPS) is 9.00. The van der Waals surface area contributed by atoms with Gasteiger partial charge in [-0.15, -0.1) is 0 Å². The van der Waals surface area contributed by atoms with E-state index in [9.17, 15) is 0 Å². The van der Waals surface area contributed by atoms with E-state index in [1.165, 1.54) is 5.54 Å². The standard InChI is InChI=1S/C4H5Cl/c1-2-3-4-5/h2-4H,1H2/b4-3-. The summed E-state index contributed by atoms with van der Waals surface area (Å²) in [7, 11) is 0. The van der Waals surface area contributed by atoms with Crippen molar-refractivity contribution in [3.05, 3.63) is 24.3 Å². The summed E-state index contributed by atoms with van der Waals surface area (Å²) in [6.07, 6.45) is 3.27. The van der Waals surface area contributed by atoms with Gasteiger partial charge in [0.15, 0.2) is 0 Å². The maximum atomic E-state index is 5.05. The number of hydrogen-bond acceptors (Lipinski definition) is 0. The molecule has 0 radical (unpaired) electrons. The van der Waals surface area contributed by atoms with Gasteiger partial charge in [0.05, 0.1) is 0 Å². The van der Waals surface area contributed by atoms with Gasteiger partial charge in [0.2, 0.25) is 0 Å². The van der Waals surface area contributed by atoms with Crippen molar-refractivity contribution in [2.24, 2.45) is 0 Å². The van der Waals surface area contributed by atoms with Crippen LogP contribution in [0.2, 0.25) is 0 Å². The Morgan fingerprint density at radius 3 is 2.20 bits per heavy atom. The quantitative estimate of drug-likeness (QED) is 0.430. The molecule has 0 bridgehead atoms. The van der Waals surface area contributed by atoms with Gasteiger partial charge in [0, 0.05) is 5.54 Å². The van der Waals surface area contributed by atoms with Crippen LogP contribution >= 0.6 is 11.6 Å². The molecule has 0 fully saturated rings. The van der Waals surface area contributed by atoms with E-state index in [4.69, 9.17) is 11.6 Å². The molecule has 1 heteroatoms. The van der Waals surface area contributed by atoms with E-state index in [2.05, 4.69) is 6.58 Å². The Kier molecular flexibility index (Phi) is 3.60. The molecule has 0 saturated heterocycles. The van der Waals surface area contributed by atoms with Crippen molar-refractivity contribution < 1.29 is 0 Å². The zero-order valence-electron chi connectivity index (χ0n) is 2.82. The number of allylic oxidation sites excluding steroid dienone is 2. The van der Waals surface area contributed by atoms with Gasteiger partial charge >= 0.3 is 0 Å². The molecule has 0 spiro atoms. The first-order valence-electron chi connectivity index (χ1n) is 1.29. The first-order valence-corrected chi connectivity index (χ1v) is 1.73. The molecule has 0 aromatic rings. The van der Waals surface area contributed by atoms with Crippen LogP contribution in [0.4, 0.5) is 0 Å². The van der Waals surface area contributed by atoms with E-state index < -0.39 is 0 Å². The highest BCUT2D eigenvalue weighted by atomic mass is 35.5. The average molecular weight is 88.5 g/mol. The Bertz CT molecular complexity index is 45.6. The zero-order valence-corrected chi connectivity index (χ0v) is 3.57. The van der Waals surface area contributed by atoms with Gasteiger partial charge in [-0.2, -0.15) is 0 Å². The molecule has 0 unspecified atom stereocenters. The molecule has 0 aromatic heterocycles. The van der Waals surface area contributed by atoms with Crippen molar-refractivity contribution in [1.29, 1.82) is 0 Å². The minimum atomic E-state index is 1.41. The van der Waals surface area contributed by atoms with Crippen LogP contribution in [0.5, 0.6) is 0 Å². The Morgan fingerprint density at radius 2 is 2.20 bits per heavy atom. The second kappa shape index (κ2) is 3.77.